The van der Waals surface area contributed by atoms with Gasteiger partial charge in [-0.2, -0.15) is 0 Å². The van der Waals surface area contributed by atoms with Gasteiger partial charge in [-0.05, 0) is 38.1 Å². The second kappa shape index (κ2) is 6.15. The molecule has 1 aromatic heterocycles. The highest BCUT2D eigenvalue weighted by Gasteiger charge is 2.21. The summed E-state index contributed by atoms with van der Waals surface area (Å²) in [5.74, 6) is 1.83. The first-order valence-electron chi connectivity index (χ1n) is 6.52. The van der Waals surface area contributed by atoms with Crippen LogP contribution in [0.15, 0.2) is 18.2 Å². The lowest BCUT2D eigenvalue weighted by atomic mass is 9.82. The summed E-state index contributed by atoms with van der Waals surface area (Å²) in [4.78, 5) is 6.97. The van der Waals surface area contributed by atoms with Crippen LogP contribution in [0.25, 0.3) is 0 Å². The van der Waals surface area contributed by atoms with E-state index >= 15 is 0 Å². The molecule has 0 aliphatic rings. The molecule has 0 radical (unpaired) electrons. The van der Waals surface area contributed by atoms with Gasteiger partial charge in [0.2, 0.25) is 0 Å². The van der Waals surface area contributed by atoms with Crippen LogP contribution in [-0.2, 0) is 6.54 Å². The number of aromatic nitrogens is 1. The van der Waals surface area contributed by atoms with Crippen LogP contribution in [0.5, 0.6) is 0 Å². The van der Waals surface area contributed by atoms with Crippen molar-refractivity contribution in [2.24, 2.45) is 11.8 Å². The number of nitrogens with zero attached hydrogens (tertiary/aromatic N) is 2. The summed E-state index contributed by atoms with van der Waals surface area (Å²) in [6, 6.07) is 6.42. The van der Waals surface area contributed by atoms with Gasteiger partial charge in [-0.3, -0.25) is 4.98 Å². The van der Waals surface area contributed by atoms with Crippen LogP contribution in [0.1, 0.15) is 45.0 Å². The van der Waals surface area contributed by atoms with E-state index in [-0.39, 0.29) is 0 Å². The molecule has 0 saturated heterocycles. The molecule has 0 atom stereocenters. The SMILES string of the molecule is CC(C)C(c1cccc(CN(C)C)n1)C(C)C. The summed E-state index contributed by atoms with van der Waals surface area (Å²) in [6.45, 7) is 10.0. The molecule has 0 N–H and O–H groups in total. The molecule has 0 spiro atoms. The molecule has 2 heteroatoms. The normalized spacial score (nSPS) is 12.1. The highest BCUT2D eigenvalue weighted by Crippen LogP contribution is 2.30. The van der Waals surface area contributed by atoms with Crippen LogP contribution in [0, 0.1) is 11.8 Å². The summed E-state index contributed by atoms with van der Waals surface area (Å²) >= 11 is 0. The summed E-state index contributed by atoms with van der Waals surface area (Å²) in [5.41, 5.74) is 2.41. The van der Waals surface area contributed by atoms with E-state index < -0.39 is 0 Å². The Bertz CT molecular complexity index is 335. The fourth-order valence-electron chi connectivity index (χ4n) is 2.55. The topological polar surface area (TPSA) is 16.1 Å². The average molecular weight is 234 g/mol. The van der Waals surface area contributed by atoms with Gasteiger partial charge in [0.05, 0.1) is 5.69 Å². The Balaban J connectivity index is 2.96. The van der Waals surface area contributed by atoms with Crippen LogP contribution >= 0.6 is 0 Å². The summed E-state index contributed by atoms with van der Waals surface area (Å²) in [6.07, 6.45) is 0. The lowest BCUT2D eigenvalue weighted by Crippen LogP contribution is -2.17. The molecular weight excluding hydrogens is 208 g/mol. The Kier molecular flexibility index (Phi) is 5.13. The maximum atomic E-state index is 4.81. The molecule has 1 rings (SSSR count). The van der Waals surface area contributed by atoms with E-state index in [0.717, 1.165) is 6.54 Å². The first kappa shape index (κ1) is 14.2. The molecule has 0 amide bonds. The lowest BCUT2D eigenvalue weighted by Gasteiger charge is -2.25. The van der Waals surface area contributed by atoms with Gasteiger partial charge in [-0.15, -0.1) is 0 Å². The van der Waals surface area contributed by atoms with E-state index in [1.54, 1.807) is 0 Å². The predicted octanol–water partition coefficient (Wildman–Crippen LogP) is 3.54. The van der Waals surface area contributed by atoms with Crippen molar-refractivity contribution >= 4 is 0 Å². The molecule has 2 nitrogen and oxygen atoms in total. The standard InChI is InChI=1S/C15H26N2/c1-11(2)15(12(3)4)14-9-7-8-13(16-14)10-17(5)6/h7-9,11-12,15H,10H2,1-6H3. The van der Waals surface area contributed by atoms with Crippen LogP contribution in [0.2, 0.25) is 0 Å². The molecule has 1 aromatic rings. The summed E-state index contributed by atoms with van der Waals surface area (Å²) in [5, 5.41) is 0. The molecule has 0 aliphatic heterocycles. The zero-order valence-electron chi connectivity index (χ0n) is 12.1. The van der Waals surface area contributed by atoms with E-state index in [4.69, 9.17) is 4.98 Å². The number of hydrogen-bond donors (Lipinski definition) is 0. The summed E-state index contributed by atoms with van der Waals surface area (Å²) in [7, 11) is 4.16. The molecule has 0 aliphatic carbocycles. The van der Waals surface area contributed by atoms with Gasteiger partial charge in [0.1, 0.15) is 0 Å². The van der Waals surface area contributed by atoms with Gasteiger partial charge in [-0.25, -0.2) is 0 Å². The second-order valence-electron chi connectivity index (χ2n) is 5.81. The van der Waals surface area contributed by atoms with E-state index in [1.807, 2.05) is 0 Å². The minimum atomic E-state index is 0.553. The smallest absolute Gasteiger partial charge is 0.0547 e. The monoisotopic (exact) mass is 234 g/mol. The molecule has 0 aromatic carbocycles. The molecule has 0 bridgehead atoms. The number of pyridine rings is 1. The molecule has 0 unspecified atom stereocenters. The molecular formula is C15H26N2. The van der Waals surface area contributed by atoms with Gasteiger partial charge in [-0.1, -0.05) is 33.8 Å². The Morgan fingerprint density at radius 3 is 2.12 bits per heavy atom. The van der Waals surface area contributed by atoms with E-state index in [9.17, 15) is 0 Å². The highest BCUT2D eigenvalue weighted by molar-refractivity contribution is 5.16. The first-order valence-corrected chi connectivity index (χ1v) is 6.52. The van der Waals surface area contributed by atoms with Crippen LogP contribution in [0.3, 0.4) is 0 Å². The Labute approximate surface area is 106 Å². The van der Waals surface area contributed by atoms with Gasteiger partial charge in [0.15, 0.2) is 0 Å². The Hall–Kier alpha value is -0.890. The lowest BCUT2D eigenvalue weighted by molar-refractivity contribution is 0.371. The quantitative estimate of drug-likeness (QED) is 0.774. The van der Waals surface area contributed by atoms with Crippen LogP contribution in [-0.4, -0.2) is 24.0 Å². The third-order valence-electron chi connectivity index (χ3n) is 3.08. The Morgan fingerprint density at radius 2 is 1.65 bits per heavy atom. The average Bonchev–Trinajstić information content (AvgIpc) is 2.15. The second-order valence-corrected chi connectivity index (χ2v) is 5.81. The van der Waals surface area contributed by atoms with Crippen molar-refractivity contribution in [3.8, 4) is 0 Å². The fourth-order valence-corrected chi connectivity index (χ4v) is 2.55. The van der Waals surface area contributed by atoms with Crippen molar-refractivity contribution in [1.82, 2.24) is 9.88 Å². The number of hydrogen-bond acceptors (Lipinski definition) is 2. The van der Waals surface area contributed by atoms with Crippen molar-refractivity contribution in [1.29, 1.82) is 0 Å². The van der Waals surface area contributed by atoms with Crippen molar-refractivity contribution < 1.29 is 0 Å². The third kappa shape index (κ3) is 4.12. The zero-order chi connectivity index (χ0) is 13.0. The molecule has 1 heterocycles. The van der Waals surface area contributed by atoms with E-state index in [0.29, 0.717) is 17.8 Å². The first-order chi connectivity index (χ1) is 7.91. The Morgan fingerprint density at radius 1 is 1.06 bits per heavy atom. The molecule has 17 heavy (non-hydrogen) atoms. The maximum Gasteiger partial charge on any atom is 0.0547 e. The highest BCUT2D eigenvalue weighted by atomic mass is 15.1. The predicted molar refractivity (Wildman–Crippen MR) is 74.0 cm³/mol. The van der Waals surface area contributed by atoms with E-state index in [1.165, 1.54) is 11.4 Å². The molecule has 96 valence electrons. The van der Waals surface area contributed by atoms with Gasteiger partial charge >= 0.3 is 0 Å². The molecule has 0 fully saturated rings. The minimum absolute atomic E-state index is 0.553. The zero-order valence-corrected chi connectivity index (χ0v) is 12.1. The van der Waals surface area contributed by atoms with Crippen molar-refractivity contribution in [2.75, 3.05) is 14.1 Å². The van der Waals surface area contributed by atoms with Crippen LogP contribution in [0.4, 0.5) is 0 Å². The van der Waals surface area contributed by atoms with Crippen molar-refractivity contribution in [3.05, 3.63) is 29.6 Å². The van der Waals surface area contributed by atoms with Crippen molar-refractivity contribution in [3.63, 3.8) is 0 Å². The largest absolute Gasteiger partial charge is 0.304 e. The summed E-state index contributed by atoms with van der Waals surface area (Å²) < 4.78 is 0. The van der Waals surface area contributed by atoms with Crippen LogP contribution < -0.4 is 0 Å². The van der Waals surface area contributed by atoms with Gasteiger partial charge in [0, 0.05) is 18.2 Å². The maximum absolute atomic E-state index is 4.81. The number of rotatable bonds is 5. The third-order valence-corrected chi connectivity index (χ3v) is 3.08. The van der Waals surface area contributed by atoms with Gasteiger partial charge < -0.3 is 4.90 Å². The van der Waals surface area contributed by atoms with Crippen molar-refractivity contribution in [2.45, 2.75) is 40.2 Å². The van der Waals surface area contributed by atoms with E-state index in [2.05, 4.69) is 64.9 Å². The molecule has 0 saturated carbocycles. The minimum Gasteiger partial charge on any atom is -0.304 e. The fraction of sp³-hybridized carbons (Fsp3) is 0.667. The van der Waals surface area contributed by atoms with Gasteiger partial charge in [0.25, 0.3) is 0 Å².